The molecule has 12 nitrogen and oxygen atoms in total. The number of phenolic OH excluding ortho intramolecular Hbond substituents is 1. The third kappa shape index (κ3) is 8.59. The van der Waals surface area contributed by atoms with E-state index in [0.29, 0.717) is 28.5 Å². The number of halogens is 1. The second-order valence-corrected chi connectivity index (χ2v) is 13.4. The van der Waals surface area contributed by atoms with E-state index in [1.165, 1.54) is 4.57 Å². The van der Waals surface area contributed by atoms with Crippen LogP contribution in [0.25, 0.3) is 11.4 Å². The smallest absolute Gasteiger partial charge is 0.320 e. The van der Waals surface area contributed by atoms with Crippen LogP contribution in [0.5, 0.6) is 11.5 Å². The van der Waals surface area contributed by atoms with E-state index in [1.54, 1.807) is 60.1 Å². The highest BCUT2D eigenvalue weighted by atomic mass is 35.5. The number of nitrogens with one attached hydrogen (secondary N) is 3. The van der Waals surface area contributed by atoms with Crippen LogP contribution in [0.15, 0.2) is 83.7 Å². The van der Waals surface area contributed by atoms with Crippen LogP contribution in [-0.4, -0.2) is 49.7 Å². The fraction of sp³-hybridized carbons (Fsp3) is 0.263. The molecule has 2 heterocycles. The number of amides is 3. The van der Waals surface area contributed by atoms with Gasteiger partial charge in [0.25, 0.3) is 11.5 Å². The Balaban J connectivity index is 1.30. The molecule has 0 saturated carbocycles. The van der Waals surface area contributed by atoms with Crippen LogP contribution in [0.3, 0.4) is 0 Å². The molecule has 0 aliphatic rings. The normalized spacial score (nSPS) is 11.3. The first-order valence-corrected chi connectivity index (χ1v) is 16.7. The van der Waals surface area contributed by atoms with E-state index < -0.39 is 11.6 Å². The Hall–Kier alpha value is -5.59. The molecular weight excluding hydrogens is 672 g/mol. The second kappa shape index (κ2) is 15.5. The molecule has 0 aliphatic heterocycles. The Bertz CT molecular complexity index is 2120. The predicted molar refractivity (Wildman–Crippen MR) is 197 cm³/mol. The maximum atomic E-state index is 13.6. The zero-order chi connectivity index (χ0) is 36.9. The van der Waals surface area contributed by atoms with Crippen LogP contribution >= 0.6 is 11.6 Å². The largest absolute Gasteiger partial charge is 0.508 e. The molecule has 5 aromatic rings. The number of hydrogen-bond donors (Lipinski definition) is 5. The molecule has 0 radical (unpaired) electrons. The van der Waals surface area contributed by atoms with Gasteiger partial charge in [0, 0.05) is 41.9 Å². The zero-order valence-corrected chi connectivity index (χ0v) is 29.8. The van der Waals surface area contributed by atoms with Crippen molar-refractivity contribution in [3.8, 4) is 22.9 Å². The van der Waals surface area contributed by atoms with Crippen LogP contribution in [0.4, 0.5) is 10.6 Å². The minimum atomic E-state index is -0.504. The fourth-order valence-electron chi connectivity index (χ4n) is 5.34. The summed E-state index contributed by atoms with van der Waals surface area (Å²) in [6.07, 6.45) is 0. The highest BCUT2D eigenvalue weighted by Gasteiger charge is 2.22. The Morgan fingerprint density at radius 2 is 1.65 bits per heavy atom. The quantitative estimate of drug-likeness (QED) is 0.114. The van der Waals surface area contributed by atoms with Crippen LogP contribution in [-0.2, 0) is 18.6 Å². The van der Waals surface area contributed by atoms with Crippen molar-refractivity contribution >= 4 is 29.4 Å². The standard InChI is InChI=1S/C38H41ClN6O6/c1-23-10-11-25(35(48)40-16-17-46)19-30(23)44-24(2)18-31(34(39)36(44)49)51-22-27-9-7-6-8-26(27)21-41-37(50)42-33-20-32(38(3,4)5)43-45(33)28-12-14-29(47)15-13-28/h6-15,18-20,46-47H,16-17,21-22H2,1-5H3,(H,40,48)(H2,41,42,50). The Morgan fingerprint density at radius 1 is 0.941 bits per heavy atom. The highest BCUT2D eigenvalue weighted by Crippen LogP contribution is 2.28. The maximum absolute atomic E-state index is 13.6. The number of aryl methyl sites for hydroxylation is 2. The summed E-state index contributed by atoms with van der Waals surface area (Å²) in [6.45, 7) is 9.84. The number of nitrogens with zero attached hydrogens (tertiary/aromatic N) is 3. The van der Waals surface area contributed by atoms with Crippen molar-refractivity contribution in [2.24, 2.45) is 0 Å². The Labute approximate surface area is 300 Å². The van der Waals surface area contributed by atoms with E-state index >= 15 is 0 Å². The van der Waals surface area contributed by atoms with Crippen molar-refractivity contribution in [1.82, 2.24) is 25.0 Å². The molecule has 0 bridgehead atoms. The number of ether oxygens (including phenoxy) is 1. The van der Waals surface area contributed by atoms with Gasteiger partial charge < -0.3 is 25.6 Å². The molecule has 0 unspecified atom stereocenters. The third-order valence-electron chi connectivity index (χ3n) is 8.16. The lowest BCUT2D eigenvalue weighted by atomic mass is 9.92. The van der Waals surface area contributed by atoms with Crippen LogP contribution in [0.1, 0.15) is 59.2 Å². The molecule has 0 aliphatic carbocycles. The zero-order valence-electron chi connectivity index (χ0n) is 29.1. The van der Waals surface area contributed by atoms with Crippen molar-refractivity contribution in [3.63, 3.8) is 0 Å². The molecule has 51 heavy (non-hydrogen) atoms. The molecular formula is C38H41ClN6O6. The maximum Gasteiger partial charge on any atom is 0.320 e. The highest BCUT2D eigenvalue weighted by molar-refractivity contribution is 6.31. The number of aromatic nitrogens is 3. The van der Waals surface area contributed by atoms with Crippen molar-refractivity contribution < 1.29 is 24.5 Å². The van der Waals surface area contributed by atoms with Gasteiger partial charge in [-0.1, -0.05) is 62.7 Å². The lowest BCUT2D eigenvalue weighted by Crippen LogP contribution is -2.29. The van der Waals surface area contributed by atoms with Crippen molar-refractivity contribution in [1.29, 1.82) is 0 Å². The lowest BCUT2D eigenvalue weighted by Gasteiger charge is -2.18. The SMILES string of the molecule is Cc1ccc(C(=O)NCCO)cc1-n1c(C)cc(OCc2ccccc2CNC(=O)Nc2cc(C(C)(C)C)nn2-c2ccc(O)cc2)c(Cl)c1=O. The number of aliphatic hydroxyl groups excluding tert-OH is 1. The Kier molecular flexibility index (Phi) is 11.2. The number of rotatable bonds is 11. The van der Waals surface area contributed by atoms with Gasteiger partial charge in [0.2, 0.25) is 0 Å². The van der Waals surface area contributed by atoms with Crippen molar-refractivity contribution in [2.75, 3.05) is 18.5 Å². The fourth-order valence-corrected chi connectivity index (χ4v) is 5.53. The molecule has 13 heteroatoms. The van der Waals surface area contributed by atoms with Crippen LogP contribution in [0.2, 0.25) is 5.02 Å². The van der Waals surface area contributed by atoms with Crippen molar-refractivity contribution in [2.45, 2.75) is 53.2 Å². The summed E-state index contributed by atoms with van der Waals surface area (Å²) in [5.74, 6) is 0.412. The van der Waals surface area contributed by atoms with Gasteiger partial charge in [0.1, 0.15) is 28.9 Å². The number of aliphatic hydroxyl groups is 1. The summed E-state index contributed by atoms with van der Waals surface area (Å²) in [6, 6.07) is 22.0. The van der Waals surface area contributed by atoms with Gasteiger partial charge in [-0.15, -0.1) is 0 Å². The van der Waals surface area contributed by atoms with E-state index in [-0.39, 0.29) is 54.1 Å². The molecule has 5 rings (SSSR count). The van der Waals surface area contributed by atoms with Crippen molar-refractivity contribution in [3.05, 3.63) is 128 Å². The monoisotopic (exact) mass is 712 g/mol. The second-order valence-electron chi connectivity index (χ2n) is 13.0. The minimum Gasteiger partial charge on any atom is -0.508 e. The Morgan fingerprint density at radius 3 is 2.33 bits per heavy atom. The summed E-state index contributed by atoms with van der Waals surface area (Å²) in [4.78, 5) is 39.2. The average Bonchev–Trinajstić information content (AvgIpc) is 3.53. The van der Waals surface area contributed by atoms with Gasteiger partial charge in [0.05, 0.1) is 23.7 Å². The molecule has 0 spiro atoms. The molecule has 2 aromatic heterocycles. The summed E-state index contributed by atoms with van der Waals surface area (Å²) in [5, 5.41) is 31.8. The molecule has 0 saturated heterocycles. The number of anilines is 1. The first kappa shape index (κ1) is 36.7. The molecule has 3 amide bonds. The van der Waals surface area contributed by atoms with Gasteiger partial charge in [-0.25, -0.2) is 9.48 Å². The molecule has 0 atom stereocenters. The van der Waals surface area contributed by atoms with Gasteiger partial charge >= 0.3 is 6.03 Å². The summed E-state index contributed by atoms with van der Waals surface area (Å²) >= 11 is 6.57. The number of urea groups is 1. The molecule has 266 valence electrons. The lowest BCUT2D eigenvalue weighted by molar-refractivity contribution is 0.0944. The predicted octanol–water partition coefficient (Wildman–Crippen LogP) is 5.92. The van der Waals surface area contributed by atoms with E-state index in [1.807, 2.05) is 58.0 Å². The topological polar surface area (TPSA) is 160 Å². The summed E-state index contributed by atoms with van der Waals surface area (Å²) in [7, 11) is 0. The summed E-state index contributed by atoms with van der Waals surface area (Å²) < 4.78 is 9.12. The van der Waals surface area contributed by atoms with E-state index in [4.69, 9.17) is 26.5 Å². The van der Waals surface area contributed by atoms with E-state index in [9.17, 15) is 19.5 Å². The minimum absolute atomic E-state index is 0.0736. The number of carbonyl (C=O) groups excluding carboxylic acids is 2. The van der Waals surface area contributed by atoms with E-state index in [2.05, 4.69) is 16.0 Å². The first-order valence-electron chi connectivity index (χ1n) is 16.3. The molecule has 3 aromatic carbocycles. The van der Waals surface area contributed by atoms with Gasteiger partial charge in [-0.3, -0.25) is 19.5 Å². The van der Waals surface area contributed by atoms with Gasteiger partial charge in [-0.2, -0.15) is 5.10 Å². The van der Waals surface area contributed by atoms with Crippen LogP contribution < -0.4 is 26.2 Å². The number of hydrogen-bond acceptors (Lipinski definition) is 7. The number of phenols is 1. The van der Waals surface area contributed by atoms with Gasteiger partial charge in [-0.05, 0) is 66.9 Å². The number of benzene rings is 3. The van der Waals surface area contributed by atoms with E-state index in [0.717, 1.165) is 22.4 Å². The average molecular weight is 713 g/mol. The third-order valence-corrected chi connectivity index (χ3v) is 8.51. The number of aromatic hydroxyl groups is 1. The molecule has 5 N–H and O–H groups in total. The number of pyridine rings is 1. The van der Waals surface area contributed by atoms with Crippen LogP contribution in [0, 0.1) is 13.8 Å². The molecule has 0 fully saturated rings. The van der Waals surface area contributed by atoms with Gasteiger partial charge in [0.15, 0.2) is 0 Å². The summed E-state index contributed by atoms with van der Waals surface area (Å²) in [5.41, 5.74) is 4.38. The first-order chi connectivity index (χ1) is 24.3. The number of carbonyl (C=O) groups is 2.